The first-order valence-corrected chi connectivity index (χ1v) is 6.66. The van der Waals surface area contributed by atoms with Crippen LogP contribution < -0.4 is 0 Å². The number of hydrogen-bond acceptors (Lipinski definition) is 0. The van der Waals surface area contributed by atoms with Crippen LogP contribution in [0.1, 0.15) is 11.1 Å². The second-order valence-corrected chi connectivity index (χ2v) is 5.00. The SMILES string of the molecule is FC(F)(F)/C(=C(/I)c1ccccc1)c1ccccc1. The van der Waals surface area contributed by atoms with Crippen molar-refractivity contribution in [1.82, 2.24) is 0 Å². The summed E-state index contributed by atoms with van der Waals surface area (Å²) in [6.45, 7) is 0. The Morgan fingerprint density at radius 1 is 0.737 bits per heavy atom. The predicted octanol–water partition coefficient (Wildman–Crippen LogP) is 5.55. The van der Waals surface area contributed by atoms with Gasteiger partial charge in [0.05, 0.1) is 5.57 Å². The minimum atomic E-state index is -4.38. The van der Waals surface area contributed by atoms with Gasteiger partial charge in [-0.2, -0.15) is 13.2 Å². The standard InChI is InChI=1S/C15H10F3I/c16-15(17,18)13(11-7-3-1-4-8-11)14(19)12-9-5-2-6-10-12/h1-10H/b14-13+. The molecule has 0 aromatic heterocycles. The van der Waals surface area contributed by atoms with E-state index in [1.807, 2.05) is 0 Å². The average molecular weight is 374 g/mol. The molecule has 98 valence electrons. The Labute approximate surface area is 123 Å². The van der Waals surface area contributed by atoms with Gasteiger partial charge in [0.2, 0.25) is 0 Å². The predicted molar refractivity (Wildman–Crippen MR) is 79.8 cm³/mol. The molecule has 0 spiro atoms. The van der Waals surface area contributed by atoms with Crippen LogP contribution in [-0.4, -0.2) is 6.18 Å². The van der Waals surface area contributed by atoms with Crippen molar-refractivity contribution in [3.63, 3.8) is 0 Å². The lowest BCUT2D eigenvalue weighted by molar-refractivity contribution is -0.0683. The lowest BCUT2D eigenvalue weighted by Gasteiger charge is -2.15. The second kappa shape index (κ2) is 5.77. The molecule has 0 N–H and O–H groups in total. The van der Waals surface area contributed by atoms with Gasteiger partial charge < -0.3 is 0 Å². The number of alkyl halides is 3. The van der Waals surface area contributed by atoms with Crippen molar-refractivity contribution in [2.75, 3.05) is 0 Å². The number of allylic oxidation sites excluding steroid dienone is 1. The van der Waals surface area contributed by atoms with E-state index in [9.17, 15) is 13.2 Å². The van der Waals surface area contributed by atoms with Crippen molar-refractivity contribution < 1.29 is 13.2 Å². The van der Waals surface area contributed by atoms with E-state index in [1.165, 1.54) is 12.1 Å². The largest absolute Gasteiger partial charge is 0.418 e. The number of halogens is 4. The summed E-state index contributed by atoms with van der Waals surface area (Å²) >= 11 is 1.76. The summed E-state index contributed by atoms with van der Waals surface area (Å²) in [4.78, 5) is 0. The van der Waals surface area contributed by atoms with E-state index in [2.05, 4.69) is 0 Å². The van der Waals surface area contributed by atoms with Crippen molar-refractivity contribution in [1.29, 1.82) is 0 Å². The van der Waals surface area contributed by atoms with Crippen molar-refractivity contribution >= 4 is 31.7 Å². The fourth-order valence-corrected chi connectivity index (χ4v) is 2.73. The topological polar surface area (TPSA) is 0 Å². The third kappa shape index (κ3) is 3.37. The van der Waals surface area contributed by atoms with E-state index in [4.69, 9.17) is 0 Å². The molecule has 0 aliphatic rings. The molecule has 0 amide bonds. The first-order valence-electron chi connectivity index (χ1n) is 5.58. The van der Waals surface area contributed by atoms with Crippen LogP contribution in [0.15, 0.2) is 60.7 Å². The quantitative estimate of drug-likeness (QED) is 0.478. The van der Waals surface area contributed by atoms with E-state index in [0.717, 1.165) is 0 Å². The molecule has 0 atom stereocenters. The summed E-state index contributed by atoms with van der Waals surface area (Å²) in [6.07, 6.45) is -4.38. The van der Waals surface area contributed by atoms with Gasteiger partial charge in [0, 0.05) is 3.58 Å². The van der Waals surface area contributed by atoms with E-state index < -0.39 is 11.7 Å². The highest BCUT2D eigenvalue weighted by atomic mass is 127. The van der Waals surface area contributed by atoms with Crippen LogP contribution >= 0.6 is 22.6 Å². The zero-order valence-electron chi connectivity index (χ0n) is 9.79. The molecule has 0 aliphatic heterocycles. The molecule has 0 bridgehead atoms. The molecule has 0 saturated carbocycles. The highest BCUT2D eigenvalue weighted by Gasteiger charge is 2.37. The van der Waals surface area contributed by atoms with Gasteiger partial charge in [0.1, 0.15) is 0 Å². The molecular formula is C15H10F3I. The zero-order chi connectivity index (χ0) is 13.9. The maximum absolute atomic E-state index is 13.3. The van der Waals surface area contributed by atoms with Gasteiger partial charge >= 0.3 is 6.18 Å². The fourth-order valence-electron chi connectivity index (χ4n) is 1.75. The lowest BCUT2D eigenvalue weighted by Crippen LogP contribution is -2.11. The maximum atomic E-state index is 13.3. The average Bonchev–Trinajstić information content (AvgIpc) is 2.39. The van der Waals surface area contributed by atoms with Crippen LogP contribution in [0.5, 0.6) is 0 Å². The molecule has 0 fully saturated rings. The van der Waals surface area contributed by atoms with Crippen LogP contribution in [0, 0.1) is 0 Å². The minimum Gasteiger partial charge on any atom is -0.166 e. The highest BCUT2D eigenvalue weighted by Crippen LogP contribution is 2.42. The smallest absolute Gasteiger partial charge is 0.166 e. The molecule has 0 saturated heterocycles. The van der Waals surface area contributed by atoms with Gasteiger partial charge in [-0.25, -0.2) is 0 Å². The molecule has 2 aromatic rings. The Balaban J connectivity index is 2.63. The molecule has 4 heteroatoms. The van der Waals surface area contributed by atoms with Crippen LogP contribution in [0.2, 0.25) is 0 Å². The van der Waals surface area contributed by atoms with Gasteiger partial charge in [0.15, 0.2) is 0 Å². The number of benzene rings is 2. The minimum absolute atomic E-state index is 0.184. The Hall–Kier alpha value is -1.30. The molecule has 2 rings (SSSR count). The first kappa shape index (κ1) is 14.1. The first-order chi connectivity index (χ1) is 9.00. The number of rotatable bonds is 2. The van der Waals surface area contributed by atoms with Crippen LogP contribution in [-0.2, 0) is 0 Å². The normalized spacial score (nSPS) is 13.1. The molecule has 2 aromatic carbocycles. The summed E-state index contributed by atoms with van der Waals surface area (Å²) in [5, 5.41) is 0. The Morgan fingerprint density at radius 3 is 1.58 bits per heavy atom. The maximum Gasteiger partial charge on any atom is 0.418 e. The third-order valence-corrected chi connectivity index (χ3v) is 3.75. The summed E-state index contributed by atoms with van der Waals surface area (Å²) in [7, 11) is 0. The van der Waals surface area contributed by atoms with Crippen LogP contribution in [0.4, 0.5) is 13.2 Å². The molecule has 0 nitrogen and oxygen atoms in total. The van der Waals surface area contributed by atoms with Crippen molar-refractivity contribution in [3.8, 4) is 0 Å². The van der Waals surface area contributed by atoms with Crippen molar-refractivity contribution in [2.45, 2.75) is 6.18 Å². The van der Waals surface area contributed by atoms with E-state index in [0.29, 0.717) is 5.56 Å². The summed E-state index contributed by atoms with van der Waals surface area (Å²) < 4.78 is 40.0. The van der Waals surface area contributed by atoms with Gasteiger partial charge in [-0.3, -0.25) is 0 Å². The van der Waals surface area contributed by atoms with Crippen molar-refractivity contribution in [2.24, 2.45) is 0 Å². The molecule has 19 heavy (non-hydrogen) atoms. The summed E-state index contributed by atoms with van der Waals surface area (Å²) in [5.74, 6) is 0. The highest BCUT2D eigenvalue weighted by molar-refractivity contribution is 14.1. The summed E-state index contributed by atoms with van der Waals surface area (Å²) in [5.41, 5.74) is 0.155. The molecular weight excluding hydrogens is 364 g/mol. The van der Waals surface area contributed by atoms with Gasteiger partial charge in [0.25, 0.3) is 0 Å². The molecule has 0 aliphatic carbocycles. The zero-order valence-corrected chi connectivity index (χ0v) is 11.9. The monoisotopic (exact) mass is 374 g/mol. The van der Waals surface area contributed by atoms with Gasteiger partial charge in [-0.05, 0) is 33.7 Å². The van der Waals surface area contributed by atoms with E-state index in [-0.39, 0.29) is 9.14 Å². The second-order valence-electron chi connectivity index (χ2n) is 3.92. The summed E-state index contributed by atoms with van der Waals surface area (Å²) in [6, 6.07) is 16.5. The van der Waals surface area contributed by atoms with E-state index >= 15 is 0 Å². The number of hydrogen-bond donors (Lipinski definition) is 0. The third-order valence-electron chi connectivity index (χ3n) is 2.59. The molecule has 0 heterocycles. The Bertz CT molecular complexity index is 571. The fraction of sp³-hybridized carbons (Fsp3) is 0.0667. The van der Waals surface area contributed by atoms with Crippen LogP contribution in [0.25, 0.3) is 9.15 Å². The molecule has 0 unspecified atom stereocenters. The van der Waals surface area contributed by atoms with E-state index in [1.54, 1.807) is 71.1 Å². The molecule has 0 radical (unpaired) electrons. The Morgan fingerprint density at radius 2 is 1.16 bits per heavy atom. The van der Waals surface area contributed by atoms with Gasteiger partial charge in [-0.1, -0.05) is 60.7 Å². The van der Waals surface area contributed by atoms with Gasteiger partial charge in [-0.15, -0.1) is 0 Å². The van der Waals surface area contributed by atoms with Crippen molar-refractivity contribution in [3.05, 3.63) is 71.8 Å². The lowest BCUT2D eigenvalue weighted by atomic mass is 10.0. The Kier molecular flexibility index (Phi) is 4.29. The van der Waals surface area contributed by atoms with Crippen LogP contribution in [0.3, 0.4) is 0 Å².